The summed E-state index contributed by atoms with van der Waals surface area (Å²) in [6.45, 7) is 0. The van der Waals surface area contributed by atoms with Gasteiger partial charge < -0.3 is 19.8 Å². The van der Waals surface area contributed by atoms with Crippen LogP contribution in [-0.4, -0.2) is 17.8 Å². The van der Waals surface area contributed by atoms with E-state index in [2.05, 4.69) is 10.6 Å². The number of ether oxygens (including phenoxy) is 1. The van der Waals surface area contributed by atoms with Gasteiger partial charge in [0.25, 0.3) is 11.8 Å². The minimum Gasteiger partial charge on any atom is -0.459 e. The number of rotatable bonds is 7. The molecule has 0 aliphatic rings. The normalized spacial score (nSPS) is 11.3. The van der Waals surface area contributed by atoms with Crippen LogP contribution >= 0.6 is 0 Å². The second-order valence-electron chi connectivity index (χ2n) is 7.20. The van der Waals surface area contributed by atoms with E-state index >= 15 is 0 Å². The summed E-state index contributed by atoms with van der Waals surface area (Å²) < 4.78 is 23.7. The van der Waals surface area contributed by atoms with Gasteiger partial charge in [-0.05, 0) is 60.7 Å². The van der Waals surface area contributed by atoms with Crippen molar-refractivity contribution in [3.05, 3.63) is 120 Å². The molecule has 0 aliphatic heterocycles. The van der Waals surface area contributed by atoms with E-state index in [0.717, 1.165) is 0 Å². The lowest BCUT2D eigenvalue weighted by atomic mass is 10.1. The summed E-state index contributed by atoms with van der Waals surface area (Å²) in [5.74, 6) is -2.03. The smallest absolute Gasteiger partial charge is 0.339 e. The number of hydrogen-bond acceptors (Lipinski definition) is 5. The van der Waals surface area contributed by atoms with E-state index in [0.29, 0.717) is 16.9 Å². The summed E-state index contributed by atoms with van der Waals surface area (Å²) in [4.78, 5) is 37.8. The molecule has 170 valence electrons. The fourth-order valence-corrected chi connectivity index (χ4v) is 3.11. The van der Waals surface area contributed by atoms with Gasteiger partial charge in [-0.1, -0.05) is 30.3 Å². The highest BCUT2D eigenvalue weighted by Gasteiger charge is 2.26. The lowest BCUT2D eigenvalue weighted by Gasteiger charge is -2.18. The van der Waals surface area contributed by atoms with Crippen molar-refractivity contribution >= 4 is 29.2 Å². The predicted octanol–water partition coefficient (Wildman–Crippen LogP) is 5.21. The third-order valence-electron chi connectivity index (χ3n) is 4.80. The van der Waals surface area contributed by atoms with Crippen LogP contribution < -0.4 is 10.6 Å². The molecule has 1 heterocycles. The van der Waals surface area contributed by atoms with E-state index in [9.17, 15) is 18.8 Å². The van der Waals surface area contributed by atoms with E-state index in [1.54, 1.807) is 36.4 Å². The van der Waals surface area contributed by atoms with Crippen molar-refractivity contribution in [3.63, 3.8) is 0 Å². The Hall–Kier alpha value is -4.72. The van der Waals surface area contributed by atoms with Gasteiger partial charge >= 0.3 is 5.97 Å². The molecule has 1 aromatic heterocycles. The van der Waals surface area contributed by atoms with Crippen LogP contribution in [0.5, 0.6) is 0 Å². The maximum atomic E-state index is 13.2. The molecule has 0 bridgehead atoms. The Morgan fingerprint density at radius 3 is 2.06 bits per heavy atom. The van der Waals surface area contributed by atoms with Gasteiger partial charge in [-0.3, -0.25) is 9.59 Å². The van der Waals surface area contributed by atoms with Gasteiger partial charge in [0, 0.05) is 16.9 Å². The largest absolute Gasteiger partial charge is 0.459 e. The lowest BCUT2D eigenvalue weighted by Crippen LogP contribution is -2.26. The number of esters is 1. The third kappa shape index (κ3) is 5.55. The Bertz CT molecular complexity index is 1270. The number of halogens is 1. The van der Waals surface area contributed by atoms with Crippen molar-refractivity contribution in [1.82, 2.24) is 0 Å². The Balaban J connectivity index is 1.47. The fourth-order valence-electron chi connectivity index (χ4n) is 3.11. The molecule has 0 aliphatic carbocycles. The SMILES string of the molecule is O=C(OC(C(=O)Nc1ccc(F)cc1)c1ccccc1)c1ccc(NC(=O)c2ccco2)cc1. The standard InChI is InChI=1S/C26H19FN2O5/c27-19-10-14-21(15-11-19)29-25(31)23(17-5-2-1-3-6-17)34-26(32)18-8-12-20(13-9-18)28-24(30)22-7-4-16-33-22/h1-16,23H,(H,28,30)(H,29,31). The molecule has 0 saturated heterocycles. The molecular formula is C26H19FN2O5. The molecule has 2 N–H and O–H groups in total. The first-order valence-electron chi connectivity index (χ1n) is 10.3. The molecule has 0 spiro atoms. The number of carbonyl (C=O) groups is 3. The second kappa shape index (κ2) is 10.3. The van der Waals surface area contributed by atoms with Crippen molar-refractivity contribution in [1.29, 1.82) is 0 Å². The zero-order valence-corrected chi connectivity index (χ0v) is 17.7. The molecule has 0 saturated carbocycles. The van der Waals surface area contributed by atoms with E-state index in [-0.39, 0.29) is 11.3 Å². The molecule has 1 atom stereocenters. The molecule has 2 amide bonds. The highest BCUT2D eigenvalue weighted by Crippen LogP contribution is 2.22. The zero-order chi connectivity index (χ0) is 23.9. The average Bonchev–Trinajstić information content (AvgIpc) is 3.40. The van der Waals surface area contributed by atoms with Crippen molar-refractivity contribution in [2.24, 2.45) is 0 Å². The van der Waals surface area contributed by atoms with Crippen molar-refractivity contribution in [3.8, 4) is 0 Å². The number of anilines is 2. The summed E-state index contributed by atoms with van der Waals surface area (Å²) in [6, 6.07) is 22.9. The van der Waals surface area contributed by atoms with Gasteiger partial charge in [0.2, 0.25) is 6.10 Å². The van der Waals surface area contributed by atoms with Crippen LogP contribution in [0.25, 0.3) is 0 Å². The monoisotopic (exact) mass is 458 g/mol. The van der Waals surface area contributed by atoms with Crippen LogP contribution in [0.3, 0.4) is 0 Å². The quantitative estimate of drug-likeness (QED) is 0.371. The Kier molecular flexibility index (Phi) is 6.78. The van der Waals surface area contributed by atoms with Gasteiger partial charge in [0.15, 0.2) is 5.76 Å². The lowest BCUT2D eigenvalue weighted by molar-refractivity contribution is -0.125. The van der Waals surface area contributed by atoms with Gasteiger partial charge in [0.05, 0.1) is 11.8 Å². The van der Waals surface area contributed by atoms with Gasteiger partial charge in [-0.15, -0.1) is 0 Å². The summed E-state index contributed by atoms with van der Waals surface area (Å²) in [5.41, 5.74) is 1.47. The van der Waals surface area contributed by atoms with Crippen molar-refractivity contribution in [2.45, 2.75) is 6.10 Å². The summed E-state index contributed by atoms with van der Waals surface area (Å²) in [6.07, 6.45) is 0.153. The van der Waals surface area contributed by atoms with Gasteiger partial charge in [0.1, 0.15) is 5.82 Å². The van der Waals surface area contributed by atoms with E-state index in [4.69, 9.17) is 9.15 Å². The summed E-state index contributed by atoms with van der Waals surface area (Å²) in [7, 11) is 0. The van der Waals surface area contributed by atoms with Crippen LogP contribution in [0, 0.1) is 5.82 Å². The van der Waals surface area contributed by atoms with Crippen molar-refractivity contribution in [2.75, 3.05) is 10.6 Å². The molecule has 0 radical (unpaired) electrons. The highest BCUT2D eigenvalue weighted by atomic mass is 19.1. The molecule has 7 nitrogen and oxygen atoms in total. The zero-order valence-electron chi connectivity index (χ0n) is 17.7. The Morgan fingerprint density at radius 1 is 0.765 bits per heavy atom. The van der Waals surface area contributed by atoms with Crippen LogP contribution in [0.1, 0.15) is 32.6 Å². The van der Waals surface area contributed by atoms with E-state index < -0.39 is 29.7 Å². The Labute approximate surface area is 194 Å². The average molecular weight is 458 g/mol. The molecule has 34 heavy (non-hydrogen) atoms. The minimum atomic E-state index is -1.24. The third-order valence-corrected chi connectivity index (χ3v) is 4.80. The minimum absolute atomic E-state index is 0.154. The first-order chi connectivity index (χ1) is 16.5. The number of benzene rings is 3. The number of amides is 2. The van der Waals surface area contributed by atoms with Crippen LogP contribution in [0.15, 0.2) is 102 Å². The molecule has 3 aromatic carbocycles. The van der Waals surface area contributed by atoms with Gasteiger partial charge in [-0.2, -0.15) is 0 Å². The molecule has 1 unspecified atom stereocenters. The first-order valence-corrected chi connectivity index (χ1v) is 10.3. The summed E-state index contributed by atoms with van der Waals surface area (Å²) in [5, 5.41) is 5.28. The molecule has 0 fully saturated rings. The number of furan rings is 1. The number of nitrogens with one attached hydrogen (secondary N) is 2. The van der Waals surface area contributed by atoms with E-state index in [1.165, 1.54) is 60.9 Å². The van der Waals surface area contributed by atoms with Crippen LogP contribution in [0.2, 0.25) is 0 Å². The van der Waals surface area contributed by atoms with Crippen LogP contribution in [0.4, 0.5) is 15.8 Å². The first kappa shape index (κ1) is 22.5. The maximum Gasteiger partial charge on any atom is 0.339 e. The molecule has 4 aromatic rings. The predicted molar refractivity (Wildman–Crippen MR) is 123 cm³/mol. The Morgan fingerprint density at radius 2 is 1.41 bits per heavy atom. The second-order valence-corrected chi connectivity index (χ2v) is 7.20. The van der Waals surface area contributed by atoms with E-state index in [1.807, 2.05) is 0 Å². The molecular weight excluding hydrogens is 439 g/mol. The fraction of sp³-hybridized carbons (Fsp3) is 0.0385. The number of hydrogen-bond donors (Lipinski definition) is 2. The number of carbonyl (C=O) groups excluding carboxylic acids is 3. The maximum absolute atomic E-state index is 13.2. The van der Waals surface area contributed by atoms with Gasteiger partial charge in [-0.25, -0.2) is 9.18 Å². The molecule has 4 rings (SSSR count). The summed E-state index contributed by atoms with van der Waals surface area (Å²) >= 11 is 0. The molecule has 8 heteroatoms. The van der Waals surface area contributed by atoms with Crippen LogP contribution in [-0.2, 0) is 9.53 Å². The topological polar surface area (TPSA) is 97.6 Å². The highest BCUT2D eigenvalue weighted by molar-refractivity contribution is 6.02. The van der Waals surface area contributed by atoms with Crippen molar-refractivity contribution < 1.29 is 27.9 Å².